The molecule has 0 saturated carbocycles. The summed E-state index contributed by atoms with van der Waals surface area (Å²) in [5.74, 6) is -0.998. The Labute approximate surface area is 182 Å². The molecule has 1 amide bonds. The van der Waals surface area contributed by atoms with Gasteiger partial charge in [0.15, 0.2) is 18.1 Å². The Kier molecular flexibility index (Phi) is 8.03. The second-order valence-electron chi connectivity index (χ2n) is 5.94. The molecule has 29 heavy (non-hydrogen) atoms. The minimum absolute atomic E-state index is 0.0797. The molecule has 0 spiro atoms. The van der Waals surface area contributed by atoms with Crippen LogP contribution in [0, 0.1) is 21.8 Å². The van der Waals surface area contributed by atoms with Crippen LogP contribution in [0.15, 0.2) is 42.0 Å². The molecule has 0 aliphatic rings. The fourth-order valence-electron chi connectivity index (χ4n) is 2.44. The number of aryl methyl sites for hydroxylation is 1. The molecule has 0 fully saturated rings. The molecule has 0 atom stereocenters. The summed E-state index contributed by atoms with van der Waals surface area (Å²) in [5, 5.41) is 21.0. The number of ether oxygens (including phenoxy) is 2. The quantitative estimate of drug-likeness (QED) is 0.318. The number of nitrogens with zero attached hydrogens (tertiary/aromatic N) is 1. The van der Waals surface area contributed by atoms with Crippen LogP contribution < -0.4 is 14.8 Å². The van der Waals surface area contributed by atoms with Crippen LogP contribution in [0.2, 0.25) is 0 Å². The van der Waals surface area contributed by atoms with Crippen LogP contribution in [0.25, 0.3) is 6.08 Å². The number of carbonyl (C=O) groups is 2. The number of nitrogens with one attached hydrogen (secondary N) is 1. The van der Waals surface area contributed by atoms with Crippen molar-refractivity contribution >= 4 is 46.2 Å². The van der Waals surface area contributed by atoms with Crippen molar-refractivity contribution in [3.05, 3.63) is 56.7 Å². The van der Waals surface area contributed by atoms with E-state index in [4.69, 9.17) is 14.6 Å². The Morgan fingerprint density at radius 1 is 1.28 bits per heavy atom. The van der Waals surface area contributed by atoms with E-state index in [2.05, 4.69) is 5.32 Å². The first kappa shape index (κ1) is 22.2. The first-order chi connectivity index (χ1) is 13.8. The zero-order valence-corrected chi connectivity index (χ0v) is 18.0. The lowest BCUT2D eigenvalue weighted by molar-refractivity contribution is -0.139. The standard InChI is InChI=1S/C21H19IN2O5/c1-3-28-18-10-14(9-17(22)20(18)29-12-19(25)26)8-15(11-23)21(27)24-16-6-4-5-13(2)7-16/h4-10H,3,12H2,1-2H3,(H,24,27)(H,25,26)/b15-8+. The topological polar surface area (TPSA) is 109 Å². The number of carboxylic acid groups (broad SMARTS) is 1. The molecule has 2 aromatic carbocycles. The molecule has 150 valence electrons. The highest BCUT2D eigenvalue weighted by molar-refractivity contribution is 14.1. The number of amides is 1. The van der Waals surface area contributed by atoms with E-state index in [9.17, 15) is 14.9 Å². The van der Waals surface area contributed by atoms with Gasteiger partial charge in [-0.15, -0.1) is 0 Å². The normalized spacial score (nSPS) is 10.8. The summed E-state index contributed by atoms with van der Waals surface area (Å²) in [7, 11) is 0. The van der Waals surface area contributed by atoms with Crippen molar-refractivity contribution in [1.82, 2.24) is 0 Å². The van der Waals surface area contributed by atoms with Crippen molar-refractivity contribution in [2.75, 3.05) is 18.5 Å². The predicted octanol–water partition coefficient (Wildman–Crippen LogP) is 4.01. The van der Waals surface area contributed by atoms with E-state index >= 15 is 0 Å². The van der Waals surface area contributed by atoms with Crippen molar-refractivity contribution in [3.63, 3.8) is 0 Å². The van der Waals surface area contributed by atoms with Gasteiger partial charge in [-0.05, 0) is 77.9 Å². The minimum Gasteiger partial charge on any atom is -0.490 e. The summed E-state index contributed by atoms with van der Waals surface area (Å²) in [6.45, 7) is 3.52. The molecule has 2 N–H and O–H groups in total. The molecule has 0 aromatic heterocycles. The van der Waals surface area contributed by atoms with Crippen molar-refractivity contribution < 1.29 is 24.2 Å². The third-order valence-electron chi connectivity index (χ3n) is 3.62. The highest BCUT2D eigenvalue weighted by Gasteiger charge is 2.15. The average Bonchev–Trinajstić information content (AvgIpc) is 2.65. The predicted molar refractivity (Wildman–Crippen MR) is 117 cm³/mol. The van der Waals surface area contributed by atoms with Gasteiger partial charge in [0, 0.05) is 5.69 Å². The zero-order valence-electron chi connectivity index (χ0n) is 15.9. The van der Waals surface area contributed by atoms with Gasteiger partial charge in [0.25, 0.3) is 5.91 Å². The van der Waals surface area contributed by atoms with Crippen LogP contribution >= 0.6 is 22.6 Å². The molecule has 2 rings (SSSR count). The van der Waals surface area contributed by atoms with Crippen molar-refractivity contribution in [2.24, 2.45) is 0 Å². The third-order valence-corrected chi connectivity index (χ3v) is 4.42. The molecule has 0 unspecified atom stereocenters. The molecule has 0 heterocycles. The Balaban J connectivity index is 2.33. The van der Waals surface area contributed by atoms with Gasteiger partial charge in [-0.2, -0.15) is 5.26 Å². The Morgan fingerprint density at radius 2 is 2.03 bits per heavy atom. The van der Waals surface area contributed by atoms with E-state index in [-0.39, 0.29) is 5.57 Å². The smallest absolute Gasteiger partial charge is 0.341 e. The van der Waals surface area contributed by atoms with E-state index in [0.717, 1.165) is 5.56 Å². The van der Waals surface area contributed by atoms with Crippen LogP contribution in [-0.2, 0) is 9.59 Å². The number of halogens is 1. The number of carbonyl (C=O) groups excluding carboxylic acids is 1. The van der Waals surface area contributed by atoms with Gasteiger partial charge in [-0.25, -0.2) is 4.79 Å². The second-order valence-corrected chi connectivity index (χ2v) is 7.10. The maximum Gasteiger partial charge on any atom is 0.341 e. The number of nitriles is 1. The molecule has 8 heteroatoms. The van der Waals surface area contributed by atoms with E-state index < -0.39 is 18.5 Å². The maximum absolute atomic E-state index is 12.5. The van der Waals surface area contributed by atoms with E-state index in [1.807, 2.05) is 47.7 Å². The highest BCUT2D eigenvalue weighted by atomic mass is 127. The Hall–Kier alpha value is -3.06. The number of rotatable bonds is 8. The molecule has 0 radical (unpaired) electrons. The van der Waals surface area contributed by atoms with Crippen molar-refractivity contribution in [1.29, 1.82) is 5.26 Å². The van der Waals surface area contributed by atoms with Gasteiger partial charge in [-0.1, -0.05) is 12.1 Å². The van der Waals surface area contributed by atoms with Crippen LogP contribution in [0.5, 0.6) is 11.5 Å². The molecule has 2 aromatic rings. The third kappa shape index (κ3) is 6.50. The van der Waals surface area contributed by atoms with E-state index in [1.54, 1.807) is 31.2 Å². The van der Waals surface area contributed by atoms with Gasteiger partial charge in [0.05, 0.1) is 10.2 Å². The SMILES string of the molecule is CCOc1cc(/C=C(\C#N)C(=O)Nc2cccc(C)c2)cc(I)c1OCC(=O)O. The van der Waals surface area contributed by atoms with Crippen molar-refractivity contribution in [2.45, 2.75) is 13.8 Å². The molecular weight excluding hydrogens is 487 g/mol. The molecule has 0 saturated heterocycles. The summed E-state index contributed by atoms with van der Waals surface area (Å²) >= 11 is 1.99. The largest absolute Gasteiger partial charge is 0.490 e. The fourth-order valence-corrected chi connectivity index (χ4v) is 3.23. The van der Waals surface area contributed by atoms with Gasteiger partial charge >= 0.3 is 5.97 Å². The van der Waals surface area contributed by atoms with Gasteiger partial charge in [0.2, 0.25) is 0 Å². The second kappa shape index (κ2) is 10.5. The molecule has 7 nitrogen and oxygen atoms in total. The number of hydrogen-bond acceptors (Lipinski definition) is 5. The monoisotopic (exact) mass is 506 g/mol. The summed E-state index contributed by atoms with van der Waals surface area (Å²) in [5.41, 5.74) is 2.05. The highest BCUT2D eigenvalue weighted by Crippen LogP contribution is 2.35. The Morgan fingerprint density at radius 3 is 2.66 bits per heavy atom. The number of anilines is 1. The molecule has 0 aliphatic heterocycles. The first-order valence-corrected chi connectivity index (χ1v) is 9.72. The van der Waals surface area contributed by atoms with E-state index in [1.165, 1.54) is 6.08 Å². The van der Waals surface area contributed by atoms with Crippen LogP contribution in [-0.4, -0.2) is 30.2 Å². The minimum atomic E-state index is -1.10. The molecular formula is C21H19IN2O5. The number of aliphatic carboxylic acids is 1. The summed E-state index contributed by atoms with van der Waals surface area (Å²) in [4.78, 5) is 23.3. The maximum atomic E-state index is 12.5. The van der Waals surface area contributed by atoms with Crippen LogP contribution in [0.1, 0.15) is 18.1 Å². The Bertz CT molecular complexity index is 995. The first-order valence-electron chi connectivity index (χ1n) is 8.64. The number of hydrogen-bond donors (Lipinski definition) is 2. The van der Waals surface area contributed by atoms with Gasteiger partial charge in [0.1, 0.15) is 11.6 Å². The van der Waals surface area contributed by atoms with Gasteiger partial charge in [-0.3, -0.25) is 4.79 Å². The summed E-state index contributed by atoms with van der Waals surface area (Å²) in [6, 6.07) is 12.4. The number of carboxylic acids is 1. The fraction of sp³-hybridized carbons (Fsp3) is 0.190. The number of benzene rings is 2. The lowest BCUT2D eigenvalue weighted by Gasteiger charge is -2.13. The van der Waals surface area contributed by atoms with E-state index in [0.29, 0.717) is 32.9 Å². The average molecular weight is 506 g/mol. The van der Waals surface area contributed by atoms with Crippen LogP contribution in [0.4, 0.5) is 5.69 Å². The summed E-state index contributed by atoms with van der Waals surface area (Å²) < 4.78 is 11.4. The van der Waals surface area contributed by atoms with Crippen molar-refractivity contribution in [3.8, 4) is 17.6 Å². The summed E-state index contributed by atoms with van der Waals surface area (Å²) in [6.07, 6.45) is 1.44. The lowest BCUT2D eigenvalue weighted by Crippen LogP contribution is -2.13. The van der Waals surface area contributed by atoms with Gasteiger partial charge < -0.3 is 19.9 Å². The lowest BCUT2D eigenvalue weighted by atomic mass is 10.1. The molecule has 0 bridgehead atoms. The van der Waals surface area contributed by atoms with Crippen LogP contribution in [0.3, 0.4) is 0 Å². The zero-order chi connectivity index (χ0) is 21.4. The molecule has 0 aliphatic carbocycles.